The topological polar surface area (TPSA) is 41.5 Å². The summed E-state index contributed by atoms with van der Waals surface area (Å²) in [7, 11) is 1.68. The molecule has 0 aliphatic carbocycles. The van der Waals surface area contributed by atoms with Crippen LogP contribution in [0.15, 0.2) is 30.3 Å². The van der Waals surface area contributed by atoms with Gasteiger partial charge in [0.15, 0.2) is 0 Å². The van der Waals surface area contributed by atoms with Crippen molar-refractivity contribution in [2.45, 2.75) is 31.4 Å². The molecule has 1 saturated heterocycles. The van der Waals surface area contributed by atoms with Crippen LogP contribution >= 0.6 is 0 Å². The van der Waals surface area contributed by atoms with Crippen LogP contribution in [0.25, 0.3) is 6.08 Å². The van der Waals surface area contributed by atoms with Gasteiger partial charge in [-0.2, -0.15) is 0 Å². The van der Waals surface area contributed by atoms with E-state index < -0.39 is 5.60 Å². The van der Waals surface area contributed by atoms with E-state index in [0.717, 1.165) is 30.5 Å². The highest BCUT2D eigenvalue weighted by Gasteiger charge is 2.35. The molecule has 0 saturated carbocycles. The first-order valence-corrected chi connectivity index (χ1v) is 6.86. The predicted molar refractivity (Wildman–Crippen MR) is 77.9 cm³/mol. The Balaban J connectivity index is 2.08. The zero-order valence-electron chi connectivity index (χ0n) is 11.7. The number of methoxy groups -OCH3 is 1. The SMILES string of the molecule is COC/C=C/c1ccc([C@@](C)(O)[C@@H]2CCCN2)cc1. The zero-order chi connectivity index (χ0) is 13.7. The molecule has 3 heteroatoms. The van der Waals surface area contributed by atoms with Gasteiger partial charge in [-0.1, -0.05) is 36.4 Å². The van der Waals surface area contributed by atoms with Crippen molar-refractivity contribution < 1.29 is 9.84 Å². The van der Waals surface area contributed by atoms with Crippen LogP contribution < -0.4 is 5.32 Å². The van der Waals surface area contributed by atoms with Crippen LogP contribution in [0.1, 0.15) is 30.9 Å². The lowest BCUT2D eigenvalue weighted by Gasteiger charge is -2.30. The Bertz CT molecular complexity index is 417. The summed E-state index contributed by atoms with van der Waals surface area (Å²) in [4.78, 5) is 0. The van der Waals surface area contributed by atoms with Crippen LogP contribution in [0, 0.1) is 0 Å². The van der Waals surface area contributed by atoms with E-state index in [1.807, 2.05) is 43.3 Å². The molecule has 0 unspecified atom stereocenters. The van der Waals surface area contributed by atoms with E-state index in [-0.39, 0.29) is 6.04 Å². The number of aliphatic hydroxyl groups is 1. The minimum atomic E-state index is -0.800. The Hall–Kier alpha value is -1.16. The Morgan fingerprint density at radius 1 is 1.42 bits per heavy atom. The van der Waals surface area contributed by atoms with E-state index in [2.05, 4.69) is 5.32 Å². The van der Waals surface area contributed by atoms with Gasteiger partial charge >= 0.3 is 0 Å². The fourth-order valence-electron chi connectivity index (χ4n) is 2.58. The molecule has 19 heavy (non-hydrogen) atoms. The highest BCUT2D eigenvalue weighted by Crippen LogP contribution is 2.29. The molecule has 0 radical (unpaired) electrons. The van der Waals surface area contributed by atoms with E-state index in [4.69, 9.17) is 4.74 Å². The zero-order valence-corrected chi connectivity index (χ0v) is 11.7. The molecule has 1 aromatic carbocycles. The summed E-state index contributed by atoms with van der Waals surface area (Å²) in [5.74, 6) is 0. The van der Waals surface area contributed by atoms with Crippen molar-refractivity contribution in [2.24, 2.45) is 0 Å². The molecule has 0 bridgehead atoms. The first kappa shape index (κ1) is 14.3. The van der Waals surface area contributed by atoms with Gasteiger partial charge in [-0.05, 0) is 37.4 Å². The molecular weight excluding hydrogens is 238 g/mol. The second kappa shape index (κ2) is 6.33. The quantitative estimate of drug-likeness (QED) is 0.854. The lowest BCUT2D eigenvalue weighted by molar-refractivity contribution is 0.0218. The van der Waals surface area contributed by atoms with E-state index >= 15 is 0 Å². The van der Waals surface area contributed by atoms with E-state index in [1.165, 1.54) is 0 Å². The Labute approximate surface area is 115 Å². The first-order chi connectivity index (χ1) is 9.14. The van der Waals surface area contributed by atoms with Crippen molar-refractivity contribution in [3.63, 3.8) is 0 Å². The van der Waals surface area contributed by atoms with E-state index in [9.17, 15) is 5.11 Å². The molecule has 0 amide bonds. The summed E-state index contributed by atoms with van der Waals surface area (Å²) in [6, 6.07) is 8.23. The molecule has 1 fully saturated rings. The third-order valence-corrected chi connectivity index (χ3v) is 3.81. The number of benzene rings is 1. The van der Waals surface area contributed by atoms with Gasteiger partial charge in [0.2, 0.25) is 0 Å². The van der Waals surface area contributed by atoms with Gasteiger partial charge in [-0.15, -0.1) is 0 Å². The van der Waals surface area contributed by atoms with Crippen molar-refractivity contribution in [3.05, 3.63) is 41.5 Å². The Morgan fingerprint density at radius 3 is 2.74 bits per heavy atom. The number of ether oxygens (including phenoxy) is 1. The first-order valence-electron chi connectivity index (χ1n) is 6.86. The van der Waals surface area contributed by atoms with Crippen LogP contribution in [0.2, 0.25) is 0 Å². The number of rotatable bonds is 5. The summed E-state index contributed by atoms with van der Waals surface area (Å²) in [6.07, 6.45) is 6.17. The smallest absolute Gasteiger partial charge is 0.102 e. The van der Waals surface area contributed by atoms with Crippen LogP contribution in [0.5, 0.6) is 0 Å². The van der Waals surface area contributed by atoms with E-state index in [1.54, 1.807) is 7.11 Å². The molecule has 3 nitrogen and oxygen atoms in total. The number of hydrogen-bond acceptors (Lipinski definition) is 3. The third-order valence-electron chi connectivity index (χ3n) is 3.81. The number of nitrogens with one attached hydrogen (secondary N) is 1. The van der Waals surface area contributed by atoms with Gasteiger partial charge in [-0.25, -0.2) is 0 Å². The summed E-state index contributed by atoms with van der Waals surface area (Å²) in [5.41, 5.74) is 1.29. The molecule has 1 aromatic rings. The molecule has 1 heterocycles. The van der Waals surface area contributed by atoms with Gasteiger partial charge in [0.25, 0.3) is 0 Å². The van der Waals surface area contributed by atoms with Crippen LogP contribution in [0.4, 0.5) is 0 Å². The highest BCUT2D eigenvalue weighted by atomic mass is 16.5. The minimum absolute atomic E-state index is 0.155. The summed E-state index contributed by atoms with van der Waals surface area (Å²) < 4.78 is 4.97. The lowest BCUT2D eigenvalue weighted by atomic mass is 9.87. The highest BCUT2D eigenvalue weighted by molar-refractivity contribution is 5.50. The largest absolute Gasteiger partial charge is 0.384 e. The lowest BCUT2D eigenvalue weighted by Crippen LogP contribution is -2.42. The standard InChI is InChI=1S/C16H23NO2/c1-16(18,15-6-3-11-17-15)14-9-7-13(8-10-14)5-4-12-19-2/h4-5,7-10,15,17-18H,3,6,11-12H2,1-2H3/b5-4+/t15-,16+/m0/s1. The number of hydrogen-bond donors (Lipinski definition) is 2. The predicted octanol–water partition coefficient (Wildman–Crippen LogP) is 2.31. The molecule has 2 atom stereocenters. The van der Waals surface area contributed by atoms with Gasteiger partial charge < -0.3 is 15.2 Å². The fourth-order valence-corrected chi connectivity index (χ4v) is 2.58. The van der Waals surface area contributed by atoms with Crippen molar-refractivity contribution >= 4 is 6.08 Å². The molecule has 1 aliphatic rings. The van der Waals surface area contributed by atoms with Crippen molar-refractivity contribution in [3.8, 4) is 0 Å². The van der Waals surface area contributed by atoms with Gasteiger partial charge in [0, 0.05) is 13.2 Å². The second-order valence-electron chi connectivity index (χ2n) is 5.28. The molecule has 0 aromatic heterocycles. The second-order valence-corrected chi connectivity index (χ2v) is 5.28. The van der Waals surface area contributed by atoms with Crippen LogP contribution in [-0.4, -0.2) is 31.4 Å². The summed E-state index contributed by atoms with van der Waals surface area (Å²) >= 11 is 0. The van der Waals surface area contributed by atoms with Crippen LogP contribution in [0.3, 0.4) is 0 Å². The normalized spacial score (nSPS) is 22.8. The molecule has 2 N–H and O–H groups in total. The minimum Gasteiger partial charge on any atom is -0.384 e. The van der Waals surface area contributed by atoms with Crippen molar-refractivity contribution in [2.75, 3.05) is 20.3 Å². The fraction of sp³-hybridized carbons (Fsp3) is 0.500. The van der Waals surface area contributed by atoms with E-state index in [0.29, 0.717) is 6.61 Å². The van der Waals surface area contributed by atoms with Crippen molar-refractivity contribution in [1.82, 2.24) is 5.32 Å². The molecule has 104 valence electrons. The average Bonchev–Trinajstić information content (AvgIpc) is 2.94. The van der Waals surface area contributed by atoms with Gasteiger partial charge in [0.1, 0.15) is 5.60 Å². The third kappa shape index (κ3) is 3.44. The molecule has 1 aliphatic heterocycles. The summed E-state index contributed by atoms with van der Waals surface area (Å²) in [6.45, 7) is 3.51. The average molecular weight is 261 g/mol. The van der Waals surface area contributed by atoms with Gasteiger partial charge in [-0.3, -0.25) is 0 Å². The Morgan fingerprint density at radius 2 is 2.16 bits per heavy atom. The molecular formula is C16H23NO2. The van der Waals surface area contributed by atoms with Crippen LogP contribution in [-0.2, 0) is 10.3 Å². The van der Waals surface area contributed by atoms with Crippen molar-refractivity contribution in [1.29, 1.82) is 0 Å². The molecule has 2 rings (SSSR count). The maximum absolute atomic E-state index is 10.7. The van der Waals surface area contributed by atoms with Gasteiger partial charge in [0.05, 0.1) is 6.61 Å². The molecule has 0 spiro atoms. The maximum atomic E-state index is 10.7. The maximum Gasteiger partial charge on any atom is 0.102 e. The Kier molecular flexibility index (Phi) is 4.75. The monoisotopic (exact) mass is 261 g/mol. The summed E-state index contributed by atoms with van der Waals surface area (Å²) in [5, 5.41) is 14.1.